The van der Waals surface area contributed by atoms with Crippen LogP contribution in [0.25, 0.3) is 61.5 Å². The second-order valence-corrected chi connectivity index (χ2v) is 12.4. The highest BCUT2D eigenvalue weighted by Crippen LogP contribution is 2.40. The van der Waals surface area contributed by atoms with Crippen molar-refractivity contribution in [2.75, 3.05) is 4.90 Å². The number of aromatic nitrogens is 3. The molecule has 2 heterocycles. The summed E-state index contributed by atoms with van der Waals surface area (Å²) in [6, 6.07) is 61.5. The highest BCUT2D eigenvalue weighted by Gasteiger charge is 2.18. The van der Waals surface area contributed by atoms with E-state index < -0.39 is 0 Å². The zero-order valence-electron chi connectivity index (χ0n) is 27.4. The monoisotopic (exact) mass is 644 g/mol. The van der Waals surface area contributed by atoms with Crippen molar-refractivity contribution in [2.24, 2.45) is 0 Å². The molecule has 0 saturated carbocycles. The molecule has 5 nitrogen and oxygen atoms in total. The molecule has 0 atom stereocenters. The Hall–Kier alpha value is -6.72. The maximum absolute atomic E-state index is 5.68. The number of nitrogens with zero attached hydrogens (tertiary/aromatic N) is 4. The van der Waals surface area contributed by atoms with Gasteiger partial charge in [-0.2, -0.15) is 4.98 Å². The Bertz CT molecular complexity index is 2570. The first-order valence-corrected chi connectivity index (χ1v) is 16.8. The molecule has 0 fully saturated rings. The summed E-state index contributed by atoms with van der Waals surface area (Å²) in [5.41, 5.74) is 12.0. The minimum Gasteiger partial charge on any atom is -0.334 e. The molecule has 0 aliphatic rings. The van der Waals surface area contributed by atoms with Gasteiger partial charge in [-0.05, 0) is 96.4 Å². The van der Waals surface area contributed by atoms with Gasteiger partial charge in [0.05, 0.1) is 11.0 Å². The van der Waals surface area contributed by atoms with E-state index in [0.717, 1.165) is 50.5 Å². The molecule has 50 heavy (non-hydrogen) atoms. The summed E-state index contributed by atoms with van der Waals surface area (Å²) in [6.45, 7) is 2.18. The third-order valence-electron chi connectivity index (χ3n) is 9.29. The van der Waals surface area contributed by atoms with Crippen LogP contribution >= 0.6 is 0 Å². The Kier molecular flexibility index (Phi) is 7.29. The summed E-state index contributed by atoms with van der Waals surface area (Å²) >= 11 is 0. The lowest BCUT2D eigenvalue weighted by atomic mass is 9.98. The van der Waals surface area contributed by atoms with Crippen LogP contribution in [-0.2, 0) is 0 Å². The van der Waals surface area contributed by atoms with Crippen molar-refractivity contribution < 1.29 is 4.52 Å². The molecule has 0 aliphatic heterocycles. The number of hydrogen-bond acceptors (Lipinski definition) is 4. The van der Waals surface area contributed by atoms with Gasteiger partial charge in [-0.3, -0.25) is 0 Å². The summed E-state index contributed by atoms with van der Waals surface area (Å²) in [5.74, 6) is 1.08. The number of fused-ring (bicyclic) bond motifs is 3. The molecule has 0 saturated heterocycles. The van der Waals surface area contributed by atoms with Crippen molar-refractivity contribution in [1.29, 1.82) is 0 Å². The first-order chi connectivity index (χ1) is 24.7. The summed E-state index contributed by atoms with van der Waals surface area (Å²) in [5, 5.41) is 6.65. The second kappa shape index (κ2) is 12.4. The molecule has 9 aromatic rings. The van der Waals surface area contributed by atoms with Gasteiger partial charge in [0.25, 0.3) is 5.89 Å². The van der Waals surface area contributed by atoms with E-state index in [1.165, 1.54) is 21.9 Å². The van der Waals surface area contributed by atoms with Crippen molar-refractivity contribution in [3.8, 4) is 39.7 Å². The number of aryl methyl sites for hydroxylation is 1. The summed E-state index contributed by atoms with van der Waals surface area (Å²) in [6.07, 6.45) is 0. The highest BCUT2D eigenvalue weighted by molar-refractivity contribution is 6.10. The van der Waals surface area contributed by atoms with E-state index >= 15 is 0 Å². The topological polar surface area (TPSA) is 47.1 Å². The second-order valence-electron chi connectivity index (χ2n) is 12.4. The zero-order valence-corrected chi connectivity index (χ0v) is 27.4. The standard InChI is InChI=1S/C45H32N4O/c1-31-28-37(24-26-39(31)33-16-13-17-34(29-33)45-46-44(47-50-45)32-14-5-2-6-15-32)49-42-23-12-11-22-40(42)41-30-38(25-27-43(41)49)48(35-18-7-3-8-19-35)36-20-9-4-10-21-36/h2-30H,1H3. The van der Waals surface area contributed by atoms with Gasteiger partial charge in [0, 0.05) is 44.6 Å². The minimum absolute atomic E-state index is 0.503. The van der Waals surface area contributed by atoms with Gasteiger partial charge in [0.2, 0.25) is 5.82 Å². The van der Waals surface area contributed by atoms with Crippen LogP contribution in [0.1, 0.15) is 5.56 Å². The largest absolute Gasteiger partial charge is 0.334 e. The average Bonchev–Trinajstić information content (AvgIpc) is 3.80. The fourth-order valence-corrected chi connectivity index (χ4v) is 6.96. The van der Waals surface area contributed by atoms with Gasteiger partial charge < -0.3 is 14.0 Å². The lowest BCUT2D eigenvalue weighted by molar-refractivity contribution is 0.432. The Morgan fingerprint density at radius 1 is 0.500 bits per heavy atom. The lowest BCUT2D eigenvalue weighted by Gasteiger charge is -2.25. The lowest BCUT2D eigenvalue weighted by Crippen LogP contribution is -2.09. The van der Waals surface area contributed by atoms with Gasteiger partial charge >= 0.3 is 0 Å². The van der Waals surface area contributed by atoms with Crippen molar-refractivity contribution >= 4 is 38.9 Å². The van der Waals surface area contributed by atoms with Gasteiger partial charge in [-0.25, -0.2) is 0 Å². The molecule has 0 amide bonds. The molecule has 7 aromatic carbocycles. The molecule has 238 valence electrons. The van der Waals surface area contributed by atoms with E-state index in [0.29, 0.717) is 11.7 Å². The van der Waals surface area contributed by atoms with E-state index in [1.807, 2.05) is 42.5 Å². The van der Waals surface area contributed by atoms with Crippen LogP contribution in [0.4, 0.5) is 17.1 Å². The predicted molar refractivity (Wildman–Crippen MR) is 204 cm³/mol. The maximum Gasteiger partial charge on any atom is 0.258 e. The molecule has 5 heteroatoms. The Balaban J connectivity index is 1.11. The van der Waals surface area contributed by atoms with Crippen LogP contribution in [0.5, 0.6) is 0 Å². The smallest absolute Gasteiger partial charge is 0.258 e. The van der Waals surface area contributed by atoms with Crippen LogP contribution in [0, 0.1) is 6.92 Å². The molecular weight excluding hydrogens is 613 g/mol. The third-order valence-corrected chi connectivity index (χ3v) is 9.29. The Morgan fingerprint density at radius 3 is 1.88 bits per heavy atom. The van der Waals surface area contributed by atoms with Crippen LogP contribution in [0.3, 0.4) is 0 Å². The van der Waals surface area contributed by atoms with Gasteiger partial charge in [-0.15, -0.1) is 0 Å². The highest BCUT2D eigenvalue weighted by atomic mass is 16.5. The molecule has 0 bridgehead atoms. The van der Waals surface area contributed by atoms with Crippen molar-refractivity contribution in [2.45, 2.75) is 6.92 Å². The summed E-state index contributed by atoms with van der Waals surface area (Å²) < 4.78 is 8.06. The van der Waals surface area contributed by atoms with Crippen molar-refractivity contribution in [3.05, 3.63) is 181 Å². The minimum atomic E-state index is 0.503. The van der Waals surface area contributed by atoms with E-state index in [1.54, 1.807) is 0 Å². The number of hydrogen-bond donors (Lipinski definition) is 0. The molecule has 0 unspecified atom stereocenters. The molecule has 9 rings (SSSR count). The van der Waals surface area contributed by atoms with E-state index in [2.05, 4.69) is 160 Å². The quantitative estimate of drug-likeness (QED) is 0.173. The zero-order chi connectivity index (χ0) is 33.4. The van der Waals surface area contributed by atoms with E-state index in [-0.39, 0.29) is 0 Å². The van der Waals surface area contributed by atoms with Crippen LogP contribution < -0.4 is 4.90 Å². The first-order valence-electron chi connectivity index (χ1n) is 16.8. The van der Waals surface area contributed by atoms with Crippen LogP contribution in [-0.4, -0.2) is 14.7 Å². The van der Waals surface area contributed by atoms with Crippen LogP contribution in [0.15, 0.2) is 180 Å². The molecule has 0 aliphatic carbocycles. The molecule has 0 radical (unpaired) electrons. The molecule has 0 spiro atoms. The fourth-order valence-electron chi connectivity index (χ4n) is 6.96. The van der Waals surface area contributed by atoms with E-state index in [4.69, 9.17) is 4.52 Å². The van der Waals surface area contributed by atoms with Crippen molar-refractivity contribution in [1.82, 2.24) is 14.7 Å². The summed E-state index contributed by atoms with van der Waals surface area (Å²) in [7, 11) is 0. The van der Waals surface area contributed by atoms with Gasteiger partial charge in [0.15, 0.2) is 0 Å². The van der Waals surface area contributed by atoms with Crippen LogP contribution in [0.2, 0.25) is 0 Å². The summed E-state index contributed by atoms with van der Waals surface area (Å²) in [4.78, 5) is 7.00. The predicted octanol–water partition coefficient (Wildman–Crippen LogP) is 11.9. The normalized spacial score (nSPS) is 11.3. The molecular formula is C45H32N4O. The van der Waals surface area contributed by atoms with Crippen molar-refractivity contribution in [3.63, 3.8) is 0 Å². The number of rotatable bonds is 7. The molecule has 0 N–H and O–H groups in total. The van der Waals surface area contributed by atoms with Gasteiger partial charge in [-0.1, -0.05) is 108 Å². The SMILES string of the molecule is Cc1cc(-n2c3ccccc3c3cc(N(c4ccccc4)c4ccccc4)ccc32)ccc1-c1cccc(-c2nc(-c3ccccc3)no2)c1. The number of anilines is 3. The fraction of sp³-hybridized carbons (Fsp3) is 0.0222. The number of benzene rings is 7. The molecule has 2 aromatic heterocycles. The Labute approximate surface area is 290 Å². The number of para-hydroxylation sites is 3. The van der Waals surface area contributed by atoms with Gasteiger partial charge in [0.1, 0.15) is 0 Å². The third kappa shape index (κ3) is 5.22. The first kappa shape index (κ1) is 29.4. The average molecular weight is 645 g/mol. The van der Waals surface area contributed by atoms with E-state index in [9.17, 15) is 0 Å². The maximum atomic E-state index is 5.68. The Morgan fingerprint density at radius 2 is 1.14 bits per heavy atom.